The first-order valence-corrected chi connectivity index (χ1v) is 7.51. The minimum atomic E-state index is -1.01. The molecule has 3 rings (SSSR count). The molecule has 0 aliphatic rings. The fraction of sp³-hybridized carbons (Fsp3) is 0.154. The van der Waals surface area contributed by atoms with Gasteiger partial charge in [-0.25, -0.2) is 14.8 Å². The lowest BCUT2D eigenvalue weighted by molar-refractivity contribution is 0.0691. The summed E-state index contributed by atoms with van der Waals surface area (Å²) in [6, 6.07) is 6.05. The van der Waals surface area contributed by atoms with Crippen LogP contribution in [0.1, 0.15) is 10.5 Å². The lowest BCUT2D eigenvalue weighted by atomic mass is 10.3. The first-order valence-electron chi connectivity index (χ1n) is 5.81. The Morgan fingerprint density at radius 1 is 1.25 bits per heavy atom. The van der Waals surface area contributed by atoms with Gasteiger partial charge in [0.25, 0.3) is 0 Å². The largest absolute Gasteiger partial charge is 0.476 e. The van der Waals surface area contributed by atoms with Crippen LogP contribution in [0.4, 0.5) is 5.69 Å². The molecule has 0 aliphatic carbocycles. The Morgan fingerprint density at radius 2 is 2.05 bits per heavy atom. The van der Waals surface area contributed by atoms with E-state index >= 15 is 0 Å². The normalized spacial score (nSPS) is 10.9. The number of benzene rings is 1. The lowest BCUT2D eigenvalue weighted by Crippen LogP contribution is -2.07. The molecular formula is C13H11N3O2S2. The summed E-state index contributed by atoms with van der Waals surface area (Å²) < 4.78 is 1.07. The second kappa shape index (κ2) is 4.84. The molecule has 0 spiro atoms. The standard InChI is InChI=1S/C13H11N3O2S2/c1-16(2)7-3-4-8-10(5-7)20-12(14-8)11-15-9(6-19-11)13(17)18/h3-6H,1-2H3,(H,17,18). The summed E-state index contributed by atoms with van der Waals surface area (Å²) in [7, 11) is 3.98. The molecule has 20 heavy (non-hydrogen) atoms. The summed E-state index contributed by atoms with van der Waals surface area (Å²) in [5, 5.41) is 11.8. The van der Waals surface area contributed by atoms with Crippen LogP contribution in [0.2, 0.25) is 0 Å². The van der Waals surface area contributed by atoms with Gasteiger partial charge in [0, 0.05) is 25.2 Å². The maximum Gasteiger partial charge on any atom is 0.355 e. The van der Waals surface area contributed by atoms with Crippen LogP contribution in [-0.4, -0.2) is 35.1 Å². The highest BCUT2D eigenvalue weighted by atomic mass is 32.1. The third-order valence-electron chi connectivity index (χ3n) is 2.79. The number of rotatable bonds is 3. The van der Waals surface area contributed by atoms with E-state index in [1.807, 2.05) is 31.1 Å². The summed E-state index contributed by atoms with van der Waals surface area (Å²) in [5.74, 6) is -1.01. The molecule has 3 aromatic rings. The first kappa shape index (κ1) is 13.0. The molecule has 0 saturated heterocycles. The Balaban J connectivity index is 2.05. The van der Waals surface area contributed by atoms with E-state index in [0.717, 1.165) is 20.9 Å². The van der Waals surface area contributed by atoms with E-state index in [2.05, 4.69) is 16.0 Å². The van der Waals surface area contributed by atoms with Crippen molar-refractivity contribution in [3.8, 4) is 10.0 Å². The molecule has 0 amide bonds. The number of anilines is 1. The molecule has 1 N–H and O–H groups in total. The zero-order chi connectivity index (χ0) is 14.3. The molecule has 2 aromatic heterocycles. The van der Waals surface area contributed by atoms with E-state index in [9.17, 15) is 4.79 Å². The number of carboxylic acids is 1. The minimum Gasteiger partial charge on any atom is -0.476 e. The number of hydrogen-bond donors (Lipinski definition) is 1. The van der Waals surface area contributed by atoms with Crippen molar-refractivity contribution < 1.29 is 9.90 Å². The van der Waals surface area contributed by atoms with Crippen molar-refractivity contribution in [3.63, 3.8) is 0 Å². The zero-order valence-corrected chi connectivity index (χ0v) is 12.5. The minimum absolute atomic E-state index is 0.0678. The van der Waals surface area contributed by atoms with Crippen LogP contribution < -0.4 is 4.90 Å². The molecule has 5 nitrogen and oxygen atoms in total. The lowest BCUT2D eigenvalue weighted by Gasteiger charge is -2.11. The van der Waals surface area contributed by atoms with Crippen LogP contribution in [0.5, 0.6) is 0 Å². The van der Waals surface area contributed by atoms with E-state index in [-0.39, 0.29) is 5.69 Å². The van der Waals surface area contributed by atoms with Crippen LogP contribution in [0, 0.1) is 0 Å². The topological polar surface area (TPSA) is 66.3 Å². The third kappa shape index (κ3) is 2.25. The number of nitrogens with zero attached hydrogens (tertiary/aromatic N) is 3. The van der Waals surface area contributed by atoms with Gasteiger partial charge in [0.05, 0.1) is 10.2 Å². The van der Waals surface area contributed by atoms with Gasteiger partial charge in [0.1, 0.15) is 0 Å². The molecule has 0 bridgehead atoms. The van der Waals surface area contributed by atoms with Crippen LogP contribution >= 0.6 is 22.7 Å². The summed E-state index contributed by atoms with van der Waals surface area (Å²) in [5.41, 5.74) is 2.08. The number of hydrogen-bond acceptors (Lipinski definition) is 6. The fourth-order valence-corrected chi connectivity index (χ4v) is 3.58. The smallest absolute Gasteiger partial charge is 0.355 e. The second-order valence-electron chi connectivity index (χ2n) is 4.41. The Labute approximate surface area is 123 Å². The van der Waals surface area contributed by atoms with Crippen LogP contribution in [0.15, 0.2) is 23.6 Å². The van der Waals surface area contributed by atoms with Gasteiger partial charge < -0.3 is 10.0 Å². The van der Waals surface area contributed by atoms with Gasteiger partial charge in [-0.2, -0.15) is 0 Å². The summed E-state index contributed by atoms with van der Waals surface area (Å²) in [6.45, 7) is 0. The van der Waals surface area contributed by atoms with Gasteiger partial charge in [0.2, 0.25) is 0 Å². The van der Waals surface area contributed by atoms with Gasteiger partial charge in [-0.3, -0.25) is 0 Å². The average Bonchev–Trinajstić information content (AvgIpc) is 3.04. The molecule has 0 unspecified atom stereocenters. The third-order valence-corrected chi connectivity index (χ3v) is 4.80. The number of aromatic carboxylic acids is 1. The maximum absolute atomic E-state index is 10.9. The monoisotopic (exact) mass is 305 g/mol. The van der Waals surface area contributed by atoms with E-state index in [1.165, 1.54) is 28.1 Å². The molecule has 0 atom stereocenters. The Hall–Kier alpha value is -1.99. The Morgan fingerprint density at radius 3 is 2.70 bits per heavy atom. The highest BCUT2D eigenvalue weighted by Crippen LogP contribution is 2.33. The Kier molecular flexibility index (Phi) is 3.15. The van der Waals surface area contributed by atoms with Crippen LogP contribution in [0.25, 0.3) is 20.2 Å². The number of carbonyl (C=O) groups is 1. The van der Waals surface area contributed by atoms with E-state index in [1.54, 1.807) is 0 Å². The maximum atomic E-state index is 10.9. The molecule has 1 aromatic carbocycles. The van der Waals surface area contributed by atoms with Gasteiger partial charge in [-0.15, -0.1) is 22.7 Å². The van der Waals surface area contributed by atoms with Gasteiger partial charge in [0.15, 0.2) is 15.7 Å². The van der Waals surface area contributed by atoms with E-state index < -0.39 is 5.97 Å². The molecule has 0 saturated carbocycles. The number of aromatic nitrogens is 2. The van der Waals surface area contributed by atoms with E-state index in [4.69, 9.17) is 5.11 Å². The SMILES string of the molecule is CN(C)c1ccc2nc(-c3nc(C(=O)O)cs3)sc2c1. The fourth-order valence-electron chi connectivity index (χ4n) is 1.75. The second-order valence-corrected chi connectivity index (χ2v) is 6.30. The molecule has 102 valence electrons. The van der Waals surface area contributed by atoms with Gasteiger partial charge >= 0.3 is 5.97 Å². The van der Waals surface area contributed by atoms with Crippen molar-refractivity contribution in [2.75, 3.05) is 19.0 Å². The highest BCUT2D eigenvalue weighted by Gasteiger charge is 2.14. The molecular weight excluding hydrogens is 294 g/mol. The first-order chi connectivity index (χ1) is 9.54. The van der Waals surface area contributed by atoms with Crippen molar-refractivity contribution >= 4 is 44.5 Å². The van der Waals surface area contributed by atoms with Crippen molar-refractivity contribution in [1.29, 1.82) is 0 Å². The van der Waals surface area contributed by atoms with Crippen molar-refractivity contribution in [3.05, 3.63) is 29.3 Å². The summed E-state index contributed by atoms with van der Waals surface area (Å²) >= 11 is 2.83. The molecule has 0 fully saturated rings. The van der Waals surface area contributed by atoms with Crippen molar-refractivity contribution in [1.82, 2.24) is 9.97 Å². The highest BCUT2D eigenvalue weighted by molar-refractivity contribution is 7.25. The molecule has 2 heterocycles. The molecule has 7 heteroatoms. The van der Waals surface area contributed by atoms with Crippen molar-refractivity contribution in [2.45, 2.75) is 0 Å². The number of fused-ring (bicyclic) bond motifs is 1. The van der Waals surface area contributed by atoms with Gasteiger partial charge in [-0.05, 0) is 18.2 Å². The molecule has 0 aliphatic heterocycles. The van der Waals surface area contributed by atoms with Crippen LogP contribution in [-0.2, 0) is 0 Å². The summed E-state index contributed by atoms with van der Waals surface area (Å²) in [6.07, 6.45) is 0. The Bertz CT molecular complexity index is 792. The number of carboxylic acid groups (broad SMARTS) is 1. The molecule has 0 radical (unpaired) electrons. The van der Waals surface area contributed by atoms with Crippen molar-refractivity contribution in [2.24, 2.45) is 0 Å². The van der Waals surface area contributed by atoms with Gasteiger partial charge in [-0.1, -0.05) is 0 Å². The quantitative estimate of drug-likeness (QED) is 0.805. The predicted octanol–water partition coefficient (Wildman–Crippen LogP) is 3.18. The number of thiazole rings is 2. The van der Waals surface area contributed by atoms with E-state index in [0.29, 0.717) is 5.01 Å². The summed E-state index contributed by atoms with van der Waals surface area (Å²) in [4.78, 5) is 21.5. The average molecular weight is 305 g/mol. The zero-order valence-electron chi connectivity index (χ0n) is 10.8. The van der Waals surface area contributed by atoms with Crippen LogP contribution in [0.3, 0.4) is 0 Å². The predicted molar refractivity (Wildman–Crippen MR) is 82.0 cm³/mol.